The number of anilines is 1. The van der Waals surface area contributed by atoms with Gasteiger partial charge in [-0.25, -0.2) is 0 Å². The zero-order chi connectivity index (χ0) is 24.4. The van der Waals surface area contributed by atoms with Gasteiger partial charge in [0.05, 0.1) is 18.2 Å². The lowest BCUT2D eigenvalue weighted by atomic mass is 9.94. The lowest BCUT2D eigenvalue weighted by Crippen LogP contribution is -2.37. The third-order valence-corrected chi connectivity index (χ3v) is 6.63. The van der Waals surface area contributed by atoms with E-state index >= 15 is 0 Å². The molecule has 6 nitrogen and oxygen atoms in total. The van der Waals surface area contributed by atoms with Crippen LogP contribution >= 0.6 is 0 Å². The number of ether oxygens (including phenoxy) is 1. The maximum absolute atomic E-state index is 13.2. The monoisotopic (exact) mass is 462 g/mol. The molecular formula is C28H34N2O4. The number of hydrogen-bond donors (Lipinski definition) is 1. The van der Waals surface area contributed by atoms with Crippen molar-refractivity contribution < 1.29 is 19.4 Å². The fourth-order valence-electron chi connectivity index (χ4n) is 4.82. The molecule has 180 valence electrons. The highest BCUT2D eigenvalue weighted by Gasteiger charge is 2.49. The molecule has 1 aliphatic heterocycles. The quantitative estimate of drug-likeness (QED) is 0.350. The highest BCUT2D eigenvalue weighted by atomic mass is 16.5. The molecule has 0 bridgehead atoms. The minimum atomic E-state index is -0.619. The third kappa shape index (κ3) is 4.67. The van der Waals surface area contributed by atoms with E-state index in [1.54, 1.807) is 29.2 Å². The second-order valence-electron chi connectivity index (χ2n) is 9.86. The van der Waals surface area contributed by atoms with Gasteiger partial charge >= 0.3 is 0 Å². The third-order valence-electron chi connectivity index (χ3n) is 6.63. The molecule has 4 rings (SSSR count). The predicted molar refractivity (Wildman–Crippen MR) is 134 cm³/mol. The molecule has 2 aromatic carbocycles. The lowest BCUT2D eigenvalue weighted by Gasteiger charge is -2.31. The highest BCUT2D eigenvalue weighted by Crippen LogP contribution is 2.43. The van der Waals surface area contributed by atoms with Gasteiger partial charge in [0, 0.05) is 31.4 Å². The number of rotatable bonds is 7. The number of hydrogen-bond acceptors (Lipinski definition) is 5. The number of carbonyl (C=O) groups is 2. The molecule has 1 saturated carbocycles. The van der Waals surface area contributed by atoms with E-state index in [4.69, 9.17) is 4.74 Å². The molecule has 1 N–H and O–H groups in total. The molecule has 1 unspecified atom stereocenters. The topological polar surface area (TPSA) is 70.1 Å². The van der Waals surface area contributed by atoms with Crippen LogP contribution in [-0.4, -0.2) is 48.4 Å². The second-order valence-corrected chi connectivity index (χ2v) is 9.86. The second kappa shape index (κ2) is 9.92. The molecule has 34 heavy (non-hydrogen) atoms. The van der Waals surface area contributed by atoms with Gasteiger partial charge in [0.25, 0.3) is 11.7 Å². The highest BCUT2D eigenvalue weighted by molar-refractivity contribution is 6.46. The van der Waals surface area contributed by atoms with E-state index in [9.17, 15) is 14.7 Å². The molecule has 0 spiro atoms. The number of benzene rings is 2. The Kier molecular flexibility index (Phi) is 6.96. The summed E-state index contributed by atoms with van der Waals surface area (Å²) in [5.41, 5.74) is 2.51. The summed E-state index contributed by atoms with van der Waals surface area (Å²) in [5, 5.41) is 11.3. The summed E-state index contributed by atoms with van der Waals surface area (Å²) in [6.07, 6.45) is 3.83. The number of aliphatic hydroxyl groups is 1. The standard InChI is InChI=1S/C28H34N2O4/c1-18(2)17-34-23-15-11-20(12-16-23)26(31)24-25(19-9-13-21(14-10-19)29(3)4)30(28(33)27(24)32)22-7-5-6-8-22/h9-16,18,22,25,31H,5-8,17H2,1-4H3/b26-24-. The number of aliphatic hydroxyl groups excluding tert-OH is 1. The molecule has 0 radical (unpaired) electrons. The molecule has 1 saturated heterocycles. The van der Waals surface area contributed by atoms with Crippen LogP contribution in [0.15, 0.2) is 54.1 Å². The fourth-order valence-corrected chi connectivity index (χ4v) is 4.82. The SMILES string of the molecule is CC(C)COc1ccc(/C(O)=C2/C(=O)C(=O)N(C3CCCC3)C2c2ccc(N(C)C)cc2)cc1. The predicted octanol–water partition coefficient (Wildman–Crippen LogP) is 5.15. The van der Waals surface area contributed by atoms with E-state index in [-0.39, 0.29) is 17.4 Å². The van der Waals surface area contributed by atoms with Gasteiger partial charge < -0.3 is 19.6 Å². The van der Waals surface area contributed by atoms with Gasteiger partial charge in [-0.3, -0.25) is 9.59 Å². The van der Waals surface area contributed by atoms with Crippen LogP contribution in [0.2, 0.25) is 0 Å². The van der Waals surface area contributed by atoms with Crippen molar-refractivity contribution in [2.75, 3.05) is 25.6 Å². The smallest absolute Gasteiger partial charge is 0.295 e. The van der Waals surface area contributed by atoms with Gasteiger partial charge in [0.15, 0.2) is 0 Å². The van der Waals surface area contributed by atoms with Crippen LogP contribution in [0.4, 0.5) is 5.69 Å². The maximum atomic E-state index is 13.2. The Morgan fingerprint density at radius 2 is 1.65 bits per heavy atom. The molecule has 0 aromatic heterocycles. The van der Waals surface area contributed by atoms with Crippen LogP contribution in [0.1, 0.15) is 56.7 Å². The van der Waals surface area contributed by atoms with Gasteiger partial charge in [-0.2, -0.15) is 0 Å². The van der Waals surface area contributed by atoms with Gasteiger partial charge in [-0.1, -0.05) is 38.8 Å². The average molecular weight is 463 g/mol. The van der Waals surface area contributed by atoms with Crippen molar-refractivity contribution in [3.63, 3.8) is 0 Å². The summed E-state index contributed by atoms with van der Waals surface area (Å²) in [7, 11) is 3.93. The fraction of sp³-hybridized carbons (Fsp3) is 0.429. The molecule has 2 fully saturated rings. The summed E-state index contributed by atoms with van der Waals surface area (Å²) < 4.78 is 5.74. The van der Waals surface area contributed by atoms with Crippen molar-refractivity contribution in [3.05, 3.63) is 65.2 Å². The Labute approximate surface area is 201 Å². The number of nitrogens with zero attached hydrogens (tertiary/aromatic N) is 2. The van der Waals surface area contributed by atoms with Gasteiger partial charge in [0.1, 0.15) is 11.5 Å². The van der Waals surface area contributed by atoms with Crippen LogP contribution in [0.3, 0.4) is 0 Å². The first-order valence-corrected chi connectivity index (χ1v) is 12.1. The van der Waals surface area contributed by atoms with Crippen LogP contribution in [-0.2, 0) is 9.59 Å². The van der Waals surface area contributed by atoms with E-state index in [0.29, 0.717) is 23.8 Å². The summed E-state index contributed by atoms with van der Waals surface area (Å²) >= 11 is 0. The number of ketones is 1. The van der Waals surface area contributed by atoms with Crippen molar-refractivity contribution in [1.29, 1.82) is 0 Å². The number of Topliss-reactive ketones (excluding diaryl/α,β-unsaturated/α-hetero) is 1. The van der Waals surface area contributed by atoms with E-state index in [2.05, 4.69) is 13.8 Å². The lowest BCUT2D eigenvalue weighted by molar-refractivity contribution is -0.141. The van der Waals surface area contributed by atoms with Crippen molar-refractivity contribution in [2.24, 2.45) is 5.92 Å². The van der Waals surface area contributed by atoms with E-state index < -0.39 is 17.7 Å². The largest absolute Gasteiger partial charge is 0.507 e. The minimum Gasteiger partial charge on any atom is -0.507 e. The van der Waals surface area contributed by atoms with Crippen molar-refractivity contribution in [1.82, 2.24) is 4.90 Å². The summed E-state index contributed by atoms with van der Waals surface area (Å²) in [6.45, 7) is 4.75. The summed E-state index contributed by atoms with van der Waals surface area (Å²) in [4.78, 5) is 30.2. The van der Waals surface area contributed by atoms with Gasteiger partial charge in [-0.05, 0) is 60.7 Å². The van der Waals surface area contributed by atoms with E-state index in [0.717, 1.165) is 36.9 Å². The summed E-state index contributed by atoms with van der Waals surface area (Å²) in [5.74, 6) is -0.180. The van der Waals surface area contributed by atoms with Crippen LogP contribution in [0.5, 0.6) is 5.75 Å². The molecule has 2 aliphatic rings. The number of likely N-dealkylation sites (tertiary alicyclic amines) is 1. The van der Waals surface area contributed by atoms with Crippen LogP contribution in [0.25, 0.3) is 5.76 Å². The van der Waals surface area contributed by atoms with Crippen LogP contribution < -0.4 is 9.64 Å². The molecular weight excluding hydrogens is 428 g/mol. The Hall–Kier alpha value is -3.28. The average Bonchev–Trinajstić information content (AvgIpc) is 3.44. The molecule has 2 aromatic rings. The zero-order valence-electron chi connectivity index (χ0n) is 20.5. The van der Waals surface area contributed by atoms with Gasteiger partial charge in [-0.15, -0.1) is 0 Å². The first kappa shape index (κ1) is 23.9. The number of carbonyl (C=O) groups excluding carboxylic acids is 2. The van der Waals surface area contributed by atoms with Crippen molar-refractivity contribution >= 4 is 23.1 Å². The van der Waals surface area contributed by atoms with Crippen molar-refractivity contribution in [3.8, 4) is 5.75 Å². The Morgan fingerprint density at radius 1 is 1.03 bits per heavy atom. The first-order valence-electron chi connectivity index (χ1n) is 12.1. The zero-order valence-corrected chi connectivity index (χ0v) is 20.5. The molecule has 1 atom stereocenters. The van der Waals surface area contributed by atoms with E-state index in [1.807, 2.05) is 43.3 Å². The maximum Gasteiger partial charge on any atom is 0.295 e. The first-order chi connectivity index (χ1) is 16.3. The normalized spacial score (nSPS) is 20.4. The van der Waals surface area contributed by atoms with Gasteiger partial charge in [0.2, 0.25) is 0 Å². The Balaban J connectivity index is 1.75. The molecule has 6 heteroatoms. The minimum absolute atomic E-state index is 0.00656. The Morgan fingerprint density at radius 3 is 2.21 bits per heavy atom. The molecule has 1 amide bonds. The Bertz CT molecular complexity index is 1060. The van der Waals surface area contributed by atoms with E-state index in [1.165, 1.54) is 0 Å². The van der Waals surface area contributed by atoms with Crippen LogP contribution in [0, 0.1) is 5.92 Å². The summed E-state index contributed by atoms with van der Waals surface area (Å²) in [6, 6.07) is 14.3. The molecule has 1 heterocycles. The van der Waals surface area contributed by atoms with Crippen molar-refractivity contribution in [2.45, 2.75) is 51.6 Å². The molecule has 1 aliphatic carbocycles. The number of amides is 1.